The summed E-state index contributed by atoms with van der Waals surface area (Å²) in [6.45, 7) is 3.57. The Morgan fingerprint density at radius 3 is 2.19 bits per heavy atom. The molecule has 0 spiro atoms. The number of sulfonamides is 1. The minimum atomic E-state index is -3.77. The molecule has 0 saturated heterocycles. The van der Waals surface area contributed by atoms with Gasteiger partial charge in [0.2, 0.25) is 21.8 Å². The number of hydrogen-bond donors (Lipinski definition) is 1. The summed E-state index contributed by atoms with van der Waals surface area (Å²) in [5.41, 5.74) is 1.08. The maximum absolute atomic E-state index is 13.3. The van der Waals surface area contributed by atoms with Gasteiger partial charge in [0.25, 0.3) is 0 Å². The zero-order chi connectivity index (χ0) is 23.9. The Balaban J connectivity index is 2.34. The first kappa shape index (κ1) is 25.5. The SMILES string of the molecule is CCOc1ccc(N(CC(=O)N(Cc2ccc(Cl)cc2)[C@@H](C)C(=O)NC)S(C)(=O)=O)cc1. The zero-order valence-electron chi connectivity index (χ0n) is 18.5. The molecule has 0 aliphatic carbocycles. The number of benzene rings is 2. The number of nitrogens with zero attached hydrogens (tertiary/aromatic N) is 2. The number of carbonyl (C=O) groups excluding carboxylic acids is 2. The average molecular weight is 482 g/mol. The average Bonchev–Trinajstić information content (AvgIpc) is 2.76. The fraction of sp³-hybridized carbons (Fsp3) is 0.364. The van der Waals surface area contributed by atoms with Crippen LogP contribution in [-0.2, 0) is 26.2 Å². The van der Waals surface area contributed by atoms with Crippen molar-refractivity contribution in [1.82, 2.24) is 10.2 Å². The van der Waals surface area contributed by atoms with Crippen LogP contribution in [0.3, 0.4) is 0 Å². The highest BCUT2D eigenvalue weighted by Crippen LogP contribution is 2.22. The molecule has 2 rings (SSSR count). The minimum Gasteiger partial charge on any atom is -0.494 e. The van der Waals surface area contributed by atoms with Gasteiger partial charge < -0.3 is 15.0 Å². The molecule has 2 aromatic rings. The number of hydrogen-bond acceptors (Lipinski definition) is 5. The number of amides is 2. The summed E-state index contributed by atoms with van der Waals surface area (Å²) in [4.78, 5) is 26.9. The lowest BCUT2D eigenvalue weighted by atomic mass is 10.1. The highest BCUT2D eigenvalue weighted by Gasteiger charge is 2.29. The molecule has 8 nitrogen and oxygen atoms in total. The van der Waals surface area contributed by atoms with Gasteiger partial charge in [0.1, 0.15) is 18.3 Å². The lowest BCUT2D eigenvalue weighted by Gasteiger charge is -2.31. The molecule has 1 N–H and O–H groups in total. The first-order valence-electron chi connectivity index (χ1n) is 10.0. The van der Waals surface area contributed by atoms with Crippen molar-refractivity contribution in [2.24, 2.45) is 0 Å². The van der Waals surface area contributed by atoms with Gasteiger partial charge in [0.15, 0.2) is 0 Å². The van der Waals surface area contributed by atoms with E-state index in [1.54, 1.807) is 55.5 Å². The van der Waals surface area contributed by atoms with E-state index in [4.69, 9.17) is 16.3 Å². The highest BCUT2D eigenvalue weighted by molar-refractivity contribution is 7.92. The summed E-state index contributed by atoms with van der Waals surface area (Å²) < 4.78 is 31.4. The second kappa shape index (κ2) is 11.2. The Morgan fingerprint density at radius 1 is 1.09 bits per heavy atom. The minimum absolute atomic E-state index is 0.117. The molecule has 0 saturated carbocycles. The van der Waals surface area contributed by atoms with Crippen molar-refractivity contribution in [2.75, 3.05) is 30.8 Å². The summed E-state index contributed by atoms with van der Waals surface area (Å²) in [6, 6.07) is 12.5. The summed E-state index contributed by atoms with van der Waals surface area (Å²) in [5.74, 6) is -0.289. The molecule has 32 heavy (non-hydrogen) atoms. The van der Waals surface area contributed by atoms with Crippen LogP contribution in [0.4, 0.5) is 5.69 Å². The summed E-state index contributed by atoms with van der Waals surface area (Å²) in [6.07, 6.45) is 1.03. The molecule has 10 heteroatoms. The summed E-state index contributed by atoms with van der Waals surface area (Å²) in [7, 11) is -2.30. The first-order valence-corrected chi connectivity index (χ1v) is 12.3. The molecule has 0 fully saturated rings. The van der Waals surface area contributed by atoms with Gasteiger partial charge in [-0.1, -0.05) is 23.7 Å². The van der Waals surface area contributed by atoms with Crippen LogP contribution in [0.2, 0.25) is 5.02 Å². The summed E-state index contributed by atoms with van der Waals surface area (Å²) >= 11 is 5.94. The van der Waals surface area contributed by atoms with Gasteiger partial charge >= 0.3 is 0 Å². The number of halogens is 1. The smallest absolute Gasteiger partial charge is 0.244 e. The zero-order valence-corrected chi connectivity index (χ0v) is 20.1. The molecule has 1 atom stereocenters. The second-order valence-corrected chi connectivity index (χ2v) is 9.48. The van der Waals surface area contributed by atoms with Crippen molar-refractivity contribution >= 4 is 39.1 Å². The van der Waals surface area contributed by atoms with Crippen LogP contribution in [0.1, 0.15) is 19.4 Å². The van der Waals surface area contributed by atoms with Gasteiger partial charge in [-0.25, -0.2) is 8.42 Å². The van der Waals surface area contributed by atoms with Crippen molar-refractivity contribution in [2.45, 2.75) is 26.4 Å². The third kappa shape index (κ3) is 6.86. The highest BCUT2D eigenvalue weighted by atomic mass is 35.5. The molecule has 2 amide bonds. The van der Waals surface area contributed by atoms with Gasteiger partial charge in [-0.05, 0) is 55.8 Å². The topological polar surface area (TPSA) is 96.0 Å². The Hall–Kier alpha value is -2.78. The van der Waals surface area contributed by atoms with Gasteiger partial charge in [0, 0.05) is 18.6 Å². The van der Waals surface area contributed by atoms with Crippen LogP contribution in [0, 0.1) is 0 Å². The standard InChI is InChI=1S/C22H28ClN3O5S/c1-5-31-20-12-10-19(11-13-20)26(32(4,29)30)15-21(27)25(16(2)22(28)24-3)14-17-6-8-18(23)9-7-17/h6-13,16H,5,14-15H2,1-4H3,(H,24,28)/t16-/m0/s1. The van der Waals surface area contributed by atoms with Crippen molar-refractivity contribution in [3.63, 3.8) is 0 Å². The van der Waals surface area contributed by atoms with Crippen LogP contribution in [-0.4, -0.2) is 57.6 Å². The second-order valence-electron chi connectivity index (χ2n) is 7.13. The van der Waals surface area contributed by atoms with Gasteiger partial charge in [-0.3, -0.25) is 13.9 Å². The van der Waals surface area contributed by atoms with Crippen LogP contribution in [0.5, 0.6) is 5.75 Å². The lowest BCUT2D eigenvalue weighted by molar-refractivity contribution is -0.139. The number of ether oxygens (including phenoxy) is 1. The van der Waals surface area contributed by atoms with E-state index in [9.17, 15) is 18.0 Å². The quantitative estimate of drug-likeness (QED) is 0.562. The monoisotopic (exact) mass is 481 g/mol. The van der Waals surface area contributed by atoms with Crippen molar-refractivity contribution in [1.29, 1.82) is 0 Å². The van der Waals surface area contributed by atoms with Crippen molar-refractivity contribution in [3.05, 3.63) is 59.1 Å². The first-order chi connectivity index (χ1) is 15.1. The molecule has 0 aliphatic rings. The predicted molar refractivity (Wildman–Crippen MR) is 125 cm³/mol. The van der Waals surface area contributed by atoms with Crippen molar-refractivity contribution in [3.8, 4) is 5.75 Å². The molecule has 0 radical (unpaired) electrons. The van der Waals surface area contributed by atoms with Crippen LogP contribution < -0.4 is 14.4 Å². The number of rotatable bonds is 10. The largest absolute Gasteiger partial charge is 0.494 e. The molecular formula is C22H28ClN3O5S. The maximum Gasteiger partial charge on any atom is 0.244 e. The fourth-order valence-electron chi connectivity index (χ4n) is 3.07. The molecule has 0 heterocycles. The van der Waals surface area contributed by atoms with E-state index in [0.29, 0.717) is 23.1 Å². The van der Waals surface area contributed by atoms with Gasteiger partial charge in [-0.2, -0.15) is 0 Å². The molecule has 0 aliphatic heterocycles. The number of anilines is 1. The number of nitrogens with one attached hydrogen (secondary N) is 1. The van der Waals surface area contributed by atoms with Gasteiger partial charge in [-0.15, -0.1) is 0 Å². The molecule has 2 aromatic carbocycles. The Bertz CT molecular complexity index is 1030. The third-order valence-corrected chi connectivity index (χ3v) is 6.19. The molecule has 0 unspecified atom stereocenters. The lowest BCUT2D eigenvalue weighted by Crippen LogP contribution is -2.50. The van der Waals surface area contributed by atoms with Crippen molar-refractivity contribution < 1.29 is 22.7 Å². The number of carbonyl (C=O) groups is 2. The Morgan fingerprint density at radius 2 is 1.69 bits per heavy atom. The van der Waals surface area contributed by atoms with Crippen LogP contribution >= 0.6 is 11.6 Å². The van der Waals surface area contributed by atoms with E-state index in [1.807, 2.05) is 6.92 Å². The molecule has 0 aromatic heterocycles. The maximum atomic E-state index is 13.3. The molecule has 174 valence electrons. The normalized spacial score (nSPS) is 12.0. The molecule has 0 bridgehead atoms. The van der Waals surface area contributed by atoms with Gasteiger partial charge in [0.05, 0.1) is 18.6 Å². The van der Waals surface area contributed by atoms with E-state index in [2.05, 4.69) is 5.32 Å². The third-order valence-electron chi connectivity index (χ3n) is 4.79. The Kier molecular flexibility index (Phi) is 8.91. The number of likely N-dealkylation sites (N-methyl/N-ethyl adjacent to an activating group) is 1. The van der Waals surface area contributed by atoms with E-state index < -0.39 is 28.5 Å². The summed E-state index contributed by atoms with van der Waals surface area (Å²) in [5, 5.41) is 3.07. The Labute approximate surface area is 194 Å². The van der Waals surface area contributed by atoms with Crippen LogP contribution in [0.15, 0.2) is 48.5 Å². The van der Waals surface area contributed by atoms with E-state index in [1.165, 1.54) is 11.9 Å². The fourth-order valence-corrected chi connectivity index (χ4v) is 4.04. The van der Waals surface area contributed by atoms with E-state index in [0.717, 1.165) is 16.1 Å². The molecular weight excluding hydrogens is 454 g/mol. The van der Waals surface area contributed by atoms with E-state index in [-0.39, 0.29) is 12.5 Å². The van der Waals surface area contributed by atoms with Crippen LogP contribution in [0.25, 0.3) is 0 Å². The van der Waals surface area contributed by atoms with E-state index >= 15 is 0 Å². The predicted octanol–water partition coefficient (Wildman–Crippen LogP) is 2.67.